The van der Waals surface area contributed by atoms with Gasteiger partial charge in [0.05, 0.1) is 5.52 Å². The zero-order chi connectivity index (χ0) is 20.9. The Morgan fingerprint density at radius 1 is 1.10 bits per heavy atom. The number of nitrogens with zero attached hydrogens (tertiary/aromatic N) is 3. The van der Waals surface area contributed by atoms with Crippen LogP contribution in [0.4, 0.5) is 5.82 Å². The first kappa shape index (κ1) is 20.3. The van der Waals surface area contributed by atoms with Crippen LogP contribution in [0.25, 0.3) is 22.3 Å². The van der Waals surface area contributed by atoms with Gasteiger partial charge in [-0.05, 0) is 31.4 Å². The van der Waals surface area contributed by atoms with E-state index in [9.17, 15) is 9.90 Å². The van der Waals surface area contributed by atoms with Gasteiger partial charge in [0.2, 0.25) is 5.91 Å². The summed E-state index contributed by atoms with van der Waals surface area (Å²) in [6.45, 7) is 3.55. The lowest BCUT2D eigenvalue weighted by Crippen LogP contribution is -2.47. The van der Waals surface area contributed by atoms with E-state index in [1.165, 1.54) is 0 Å². The van der Waals surface area contributed by atoms with Gasteiger partial charge in [-0.25, -0.2) is 9.97 Å². The Balaban J connectivity index is 1.53. The highest BCUT2D eigenvalue weighted by atomic mass is 16.3. The molecule has 1 atom stereocenters. The van der Waals surface area contributed by atoms with Crippen molar-refractivity contribution in [3.05, 3.63) is 54.6 Å². The Morgan fingerprint density at radius 2 is 1.80 bits per heavy atom. The summed E-state index contributed by atoms with van der Waals surface area (Å²) < 4.78 is 0. The zero-order valence-electron chi connectivity index (χ0n) is 17.3. The van der Waals surface area contributed by atoms with Gasteiger partial charge in [0, 0.05) is 30.1 Å². The van der Waals surface area contributed by atoms with Crippen LogP contribution < -0.4 is 10.2 Å². The summed E-state index contributed by atoms with van der Waals surface area (Å²) >= 11 is 0. The Hall–Kier alpha value is -2.99. The van der Waals surface area contributed by atoms with E-state index >= 15 is 0 Å². The fourth-order valence-electron chi connectivity index (χ4n) is 3.95. The van der Waals surface area contributed by atoms with Crippen molar-refractivity contribution in [3.8, 4) is 11.4 Å². The number of piperidine rings is 1. The normalized spacial score (nSPS) is 15.9. The third kappa shape index (κ3) is 4.44. The molecule has 1 aromatic heterocycles. The lowest BCUT2D eigenvalue weighted by Gasteiger charge is -2.34. The lowest BCUT2D eigenvalue weighted by atomic mass is 10.0. The van der Waals surface area contributed by atoms with Crippen LogP contribution in [-0.4, -0.2) is 46.2 Å². The van der Waals surface area contributed by atoms with Crippen molar-refractivity contribution in [1.29, 1.82) is 0 Å². The van der Waals surface area contributed by atoms with E-state index in [0.717, 1.165) is 60.5 Å². The third-order valence-corrected chi connectivity index (χ3v) is 5.62. The van der Waals surface area contributed by atoms with Crippen LogP contribution in [0.15, 0.2) is 54.6 Å². The standard InChI is InChI=1S/C24H28N4O2/c1-2-8-21(29)24(30)25-18-13-15-28(16-14-18)23-19-11-6-7-12-20(19)26-22(27-23)17-9-4-3-5-10-17/h3-7,9-12,18,21,29H,2,8,13-16H2,1H3,(H,25,30). The summed E-state index contributed by atoms with van der Waals surface area (Å²) in [5, 5.41) is 13.9. The van der Waals surface area contributed by atoms with Crippen LogP contribution in [0.1, 0.15) is 32.6 Å². The second-order valence-electron chi connectivity index (χ2n) is 7.83. The first-order valence-corrected chi connectivity index (χ1v) is 10.7. The van der Waals surface area contributed by atoms with Crippen LogP contribution in [0.5, 0.6) is 0 Å². The van der Waals surface area contributed by atoms with E-state index in [-0.39, 0.29) is 11.9 Å². The maximum Gasteiger partial charge on any atom is 0.249 e. The molecule has 2 aromatic carbocycles. The average Bonchev–Trinajstić information content (AvgIpc) is 2.79. The molecule has 3 aromatic rings. The van der Waals surface area contributed by atoms with Gasteiger partial charge < -0.3 is 15.3 Å². The van der Waals surface area contributed by atoms with Gasteiger partial charge in [-0.15, -0.1) is 0 Å². The predicted octanol–water partition coefficient (Wildman–Crippen LogP) is 3.54. The van der Waals surface area contributed by atoms with Crippen molar-refractivity contribution >= 4 is 22.6 Å². The number of nitrogens with one attached hydrogen (secondary N) is 1. The van der Waals surface area contributed by atoms with E-state index in [0.29, 0.717) is 6.42 Å². The Kier molecular flexibility index (Phi) is 6.23. The number of hydrogen-bond acceptors (Lipinski definition) is 5. The first-order valence-electron chi connectivity index (χ1n) is 10.7. The molecule has 0 aliphatic carbocycles. The topological polar surface area (TPSA) is 78.4 Å². The van der Waals surface area contributed by atoms with Crippen molar-refractivity contribution in [3.63, 3.8) is 0 Å². The molecular formula is C24H28N4O2. The van der Waals surface area contributed by atoms with Crippen LogP contribution in [0.3, 0.4) is 0 Å². The zero-order valence-corrected chi connectivity index (χ0v) is 17.3. The molecule has 1 aliphatic rings. The quantitative estimate of drug-likeness (QED) is 0.657. The maximum absolute atomic E-state index is 12.1. The average molecular weight is 405 g/mol. The fourth-order valence-corrected chi connectivity index (χ4v) is 3.95. The summed E-state index contributed by atoms with van der Waals surface area (Å²) in [5.41, 5.74) is 1.93. The highest BCUT2D eigenvalue weighted by molar-refractivity contribution is 5.91. The number of hydrogen-bond donors (Lipinski definition) is 2. The molecule has 156 valence electrons. The van der Waals surface area contributed by atoms with Crippen LogP contribution in [-0.2, 0) is 4.79 Å². The molecule has 0 saturated carbocycles. The predicted molar refractivity (Wildman–Crippen MR) is 119 cm³/mol. The minimum absolute atomic E-state index is 0.0851. The number of fused-ring (bicyclic) bond motifs is 1. The molecule has 4 rings (SSSR count). The Bertz CT molecular complexity index is 1000. The Morgan fingerprint density at radius 3 is 2.53 bits per heavy atom. The Labute approximate surface area is 177 Å². The van der Waals surface area contributed by atoms with Gasteiger partial charge in [0.1, 0.15) is 11.9 Å². The molecule has 30 heavy (non-hydrogen) atoms. The number of aliphatic hydroxyl groups is 1. The molecule has 2 heterocycles. The largest absolute Gasteiger partial charge is 0.383 e. The van der Waals surface area contributed by atoms with Crippen LogP contribution in [0.2, 0.25) is 0 Å². The number of rotatable bonds is 6. The number of anilines is 1. The summed E-state index contributed by atoms with van der Waals surface area (Å²) in [6, 6.07) is 18.2. The van der Waals surface area contributed by atoms with Gasteiger partial charge in [0.15, 0.2) is 5.82 Å². The van der Waals surface area contributed by atoms with Gasteiger partial charge in [0.25, 0.3) is 0 Å². The van der Waals surface area contributed by atoms with Gasteiger partial charge in [-0.3, -0.25) is 4.79 Å². The van der Waals surface area contributed by atoms with Crippen molar-refractivity contribution in [1.82, 2.24) is 15.3 Å². The number of carbonyl (C=O) groups excluding carboxylic acids is 1. The van der Waals surface area contributed by atoms with Crippen molar-refractivity contribution in [2.75, 3.05) is 18.0 Å². The SMILES string of the molecule is CCCC(O)C(=O)NC1CCN(c2nc(-c3ccccc3)nc3ccccc23)CC1. The summed E-state index contributed by atoms with van der Waals surface area (Å²) in [5.74, 6) is 1.41. The fraction of sp³-hybridized carbons (Fsp3) is 0.375. The van der Waals surface area contributed by atoms with Gasteiger partial charge in [-0.2, -0.15) is 0 Å². The van der Waals surface area contributed by atoms with E-state index in [2.05, 4.69) is 16.3 Å². The second kappa shape index (κ2) is 9.22. The summed E-state index contributed by atoms with van der Waals surface area (Å²) in [6.07, 6.45) is 2.03. The molecule has 1 amide bonds. The molecular weight excluding hydrogens is 376 g/mol. The molecule has 0 radical (unpaired) electrons. The number of carbonyl (C=O) groups is 1. The molecule has 2 N–H and O–H groups in total. The van der Waals surface area contributed by atoms with E-state index in [1.807, 2.05) is 55.5 Å². The molecule has 1 unspecified atom stereocenters. The van der Waals surface area contributed by atoms with Gasteiger partial charge >= 0.3 is 0 Å². The van der Waals surface area contributed by atoms with Crippen molar-refractivity contribution < 1.29 is 9.90 Å². The summed E-state index contributed by atoms with van der Waals surface area (Å²) in [4.78, 5) is 24.1. The minimum atomic E-state index is -0.910. The second-order valence-corrected chi connectivity index (χ2v) is 7.83. The number of aliphatic hydroxyl groups excluding tert-OH is 1. The number of amides is 1. The minimum Gasteiger partial charge on any atom is -0.383 e. The molecule has 0 bridgehead atoms. The first-order chi connectivity index (χ1) is 14.7. The molecule has 1 aliphatic heterocycles. The van der Waals surface area contributed by atoms with Gasteiger partial charge in [-0.1, -0.05) is 55.8 Å². The number of aromatic nitrogens is 2. The smallest absolute Gasteiger partial charge is 0.249 e. The van der Waals surface area contributed by atoms with E-state index in [4.69, 9.17) is 9.97 Å². The number of benzene rings is 2. The van der Waals surface area contributed by atoms with Crippen molar-refractivity contribution in [2.45, 2.75) is 44.8 Å². The third-order valence-electron chi connectivity index (χ3n) is 5.62. The van der Waals surface area contributed by atoms with Crippen LogP contribution >= 0.6 is 0 Å². The molecule has 1 fully saturated rings. The molecule has 1 saturated heterocycles. The molecule has 6 nitrogen and oxygen atoms in total. The number of para-hydroxylation sites is 1. The highest BCUT2D eigenvalue weighted by Gasteiger charge is 2.25. The van der Waals surface area contributed by atoms with Crippen LogP contribution in [0, 0.1) is 0 Å². The lowest BCUT2D eigenvalue weighted by molar-refractivity contribution is -0.130. The summed E-state index contributed by atoms with van der Waals surface area (Å²) in [7, 11) is 0. The monoisotopic (exact) mass is 404 g/mol. The van der Waals surface area contributed by atoms with E-state index in [1.54, 1.807) is 0 Å². The molecule has 6 heteroatoms. The highest BCUT2D eigenvalue weighted by Crippen LogP contribution is 2.29. The van der Waals surface area contributed by atoms with E-state index < -0.39 is 6.10 Å². The van der Waals surface area contributed by atoms with Crippen molar-refractivity contribution in [2.24, 2.45) is 0 Å². The molecule has 0 spiro atoms. The maximum atomic E-state index is 12.1.